The quantitative estimate of drug-likeness (QED) is 0.834. The van der Waals surface area contributed by atoms with E-state index in [1.807, 2.05) is 29.7 Å². The van der Waals surface area contributed by atoms with Crippen LogP contribution < -0.4 is 10.4 Å². The number of benzene rings is 1. The Morgan fingerprint density at radius 1 is 1.20 bits per heavy atom. The Morgan fingerprint density at radius 2 is 1.90 bits per heavy atom. The van der Waals surface area contributed by atoms with Gasteiger partial charge in [-0.15, -0.1) is 0 Å². The first kappa shape index (κ1) is 14.7. The topological polar surface area (TPSA) is 47.0 Å². The SMILES string of the molecule is CCCC(CCC)n1c(=O)[nH]c2ccc(OCC)cc21. The van der Waals surface area contributed by atoms with Crippen LogP contribution in [0.15, 0.2) is 23.0 Å². The molecule has 1 aromatic heterocycles. The number of fused-ring (bicyclic) bond motifs is 1. The van der Waals surface area contributed by atoms with Crippen molar-refractivity contribution in [3.05, 3.63) is 28.7 Å². The maximum atomic E-state index is 12.3. The molecule has 0 fully saturated rings. The predicted molar refractivity (Wildman–Crippen MR) is 82.6 cm³/mol. The summed E-state index contributed by atoms with van der Waals surface area (Å²) in [6, 6.07) is 6.06. The summed E-state index contributed by atoms with van der Waals surface area (Å²) in [5.41, 5.74) is 1.82. The second-order valence-electron chi connectivity index (χ2n) is 5.14. The Labute approximate surface area is 119 Å². The van der Waals surface area contributed by atoms with E-state index < -0.39 is 0 Å². The number of aromatic amines is 1. The molecule has 0 amide bonds. The minimum Gasteiger partial charge on any atom is -0.494 e. The molecule has 2 rings (SSSR count). The lowest BCUT2D eigenvalue weighted by atomic mass is 10.1. The predicted octanol–water partition coefficient (Wildman–Crippen LogP) is 3.87. The van der Waals surface area contributed by atoms with Crippen LogP contribution in [0.2, 0.25) is 0 Å². The molecule has 1 heterocycles. The molecule has 0 saturated carbocycles. The van der Waals surface area contributed by atoms with Gasteiger partial charge in [-0.2, -0.15) is 0 Å². The van der Waals surface area contributed by atoms with E-state index in [1.165, 1.54) is 0 Å². The number of rotatable bonds is 7. The number of imidazole rings is 1. The summed E-state index contributed by atoms with van der Waals surface area (Å²) < 4.78 is 7.46. The van der Waals surface area contributed by atoms with Gasteiger partial charge in [0.25, 0.3) is 0 Å². The molecule has 0 radical (unpaired) electrons. The lowest BCUT2D eigenvalue weighted by Gasteiger charge is -2.17. The van der Waals surface area contributed by atoms with Crippen LogP contribution in [0.25, 0.3) is 11.0 Å². The van der Waals surface area contributed by atoms with Crippen LogP contribution in [0.5, 0.6) is 5.75 Å². The minimum atomic E-state index is -0.0134. The fraction of sp³-hybridized carbons (Fsp3) is 0.562. The Hall–Kier alpha value is -1.71. The molecule has 0 bridgehead atoms. The van der Waals surface area contributed by atoms with E-state index in [4.69, 9.17) is 4.74 Å². The summed E-state index contributed by atoms with van der Waals surface area (Å²) in [5, 5.41) is 0. The number of ether oxygens (including phenoxy) is 1. The monoisotopic (exact) mass is 276 g/mol. The third-order valence-electron chi connectivity index (χ3n) is 3.61. The average Bonchev–Trinajstić information content (AvgIpc) is 2.74. The second-order valence-corrected chi connectivity index (χ2v) is 5.14. The third-order valence-corrected chi connectivity index (χ3v) is 3.61. The van der Waals surface area contributed by atoms with Gasteiger partial charge in [0.15, 0.2) is 0 Å². The van der Waals surface area contributed by atoms with Gasteiger partial charge in [0.05, 0.1) is 17.6 Å². The molecule has 0 aliphatic rings. The summed E-state index contributed by atoms with van der Waals surface area (Å²) in [7, 11) is 0. The van der Waals surface area contributed by atoms with Crippen LogP contribution in [0, 0.1) is 0 Å². The van der Waals surface area contributed by atoms with Crippen LogP contribution in [-0.2, 0) is 0 Å². The largest absolute Gasteiger partial charge is 0.494 e. The third kappa shape index (κ3) is 2.89. The number of hydrogen-bond acceptors (Lipinski definition) is 2. The van der Waals surface area contributed by atoms with Crippen LogP contribution in [0.4, 0.5) is 0 Å². The maximum absolute atomic E-state index is 12.3. The highest BCUT2D eigenvalue weighted by molar-refractivity contribution is 5.77. The van der Waals surface area contributed by atoms with E-state index in [0.29, 0.717) is 6.61 Å². The van der Waals surface area contributed by atoms with Gasteiger partial charge in [-0.3, -0.25) is 4.57 Å². The molecular weight excluding hydrogens is 252 g/mol. The molecule has 0 aliphatic carbocycles. The van der Waals surface area contributed by atoms with Gasteiger partial charge in [0.2, 0.25) is 0 Å². The molecule has 4 nitrogen and oxygen atoms in total. The first-order chi connectivity index (χ1) is 9.71. The summed E-state index contributed by atoms with van der Waals surface area (Å²) in [6.07, 6.45) is 4.21. The number of aromatic nitrogens is 2. The average molecular weight is 276 g/mol. The molecule has 0 spiro atoms. The van der Waals surface area contributed by atoms with Gasteiger partial charge in [-0.25, -0.2) is 4.79 Å². The molecule has 2 aromatic rings. The van der Waals surface area contributed by atoms with Gasteiger partial charge in [-0.05, 0) is 31.9 Å². The maximum Gasteiger partial charge on any atom is 0.326 e. The van der Waals surface area contributed by atoms with Crippen LogP contribution in [-0.4, -0.2) is 16.2 Å². The van der Waals surface area contributed by atoms with Crippen LogP contribution in [0.1, 0.15) is 52.5 Å². The highest BCUT2D eigenvalue weighted by Gasteiger charge is 2.16. The lowest BCUT2D eigenvalue weighted by Crippen LogP contribution is -2.22. The van der Waals surface area contributed by atoms with E-state index in [1.54, 1.807) is 0 Å². The standard InChI is InChI=1S/C16H24N2O2/c1-4-7-12(8-5-2)18-15-11-13(20-6-3)9-10-14(15)17-16(18)19/h9-12H,4-8H2,1-3H3,(H,17,19). The van der Waals surface area contributed by atoms with Crippen molar-refractivity contribution < 1.29 is 4.74 Å². The Bertz CT molecular complexity index is 606. The number of H-pyrrole nitrogens is 1. The van der Waals surface area contributed by atoms with Crippen molar-refractivity contribution in [2.45, 2.75) is 52.5 Å². The summed E-state index contributed by atoms with van der Waals surface area (Å²) in [6.45, 7) is 6.92. The highest BCUT2D eigenvalue weighted by atomic mass is 16.5. The Balaban J connectivity index is 2.51. The molecular formula is C16H24N2O2. The van der Waals surface area contributed by atoms with E-state index in [2.05, 4.69) is 18.8 Å². The molecule has 1 aromatic carbocycles. The molecule has 110 valence electrons. The molecule has 0 aliphatic heterocycles. The second kappa shape index (κ2) is 6.64. The van der Waals surface area contributed by atoms with E-state index in [9.17, 15) is 4.79 Å². The minimum absolute atomic E-state index is 0.0134. The number of nitrogens with one attached hydrogen (secondary N) is 1. The molecule has 20 heavy (non-hydrogen) atoms. The van der Waals surface area contributed by atoms with Crippen molar-refractivity contribution in [1.29, 1.82) is 0 Å². The zero-order valence-corrected chi connectivity index (χ0v) is 12.6. The number of nitrogens with zero attached hydrogens (tertiary/aromatic N) is 1. The van der Waals surface area contributed by atoms with Crippen LogP contribution in [0.3, 0.4) is 0 Å². The highest BCUT2D eigenvalue weighted by Crippen LogP contribution is 2.25. The fourth-order valence-corrected chi connectivity index (χ4v) is 2.79. The van der Waals surface area contributed by atoms with Crippen molar-refractivity contribution in [2.75, 3.05) is 6.61 Å². The molecule has 1 N–H and O–H groups in total. The first-order valence-electron chi connectivity index (χ1n) is 7.58. The molecule has 0 saturated heterocycles. The van der Waals surface area contributed by atoms with E-state index in [0.717, 1.165) is 42.5 Å². The zero-order chi connectivity index (χ0) is 14.5. The van der Waals surface area contributed by atoms with Gasteiger partial charge >= 0.3 is 5.69 Å². The van der Waals surface area contributed by atoms with Crippen molar-refractivity contribution in [3.63, 3.8) is 0 Å². The Morgan fingerprint density at radius 3 is 2.50 bits per heavy atom. The van der Waals surface area contributed by atoms with Crippen LogP contribution >= 0.6 is 0 Å². The van der Waals surface area contributed by atoms with Gasteiger partial charge < -0.3 is 9.72 Å². The van der Waals surface area contributed by atoms with E-state index >= 15 is 0 Å². The summed E-state index contributed by atoms with van der Waals surface area (Å²) >= 11 is 0. The summed E-state index contributed by atoms with van der Waals surface area (Å²) in [4.78, 5) is 15.2. The first-order valence-corrected chi connectivity index (χ1v) is 7.58. The van der Waals surface area contributed by atoms with Crippen molar-refractivity contribution in [2.24, 2.45) is 0 Å². The Kier molecular flexibility index (Phi) is 4.88. The van der Waals surface area contributed by atoms with E-state index in [-0.39, 0.29) is 11.7 Å². The lowest BCUT2D eigenvalue weighted by molar-refractivity contribution is 0.340. The van der Waals surface area contributed by atoms with Crippen molar-refractivity contribution in [1.82, 2.24) is 9.55 Å². The van der Waals surface area contributed by atoms with Gasteiger partial charge in [0, 0.05) is 12.1 Å². The van der Waals surface area contributed by atoms with Gasteiger partial charge in [-0.1, -0.05) is 26.7 Å². The zero-order valence-electron chi connectivity index (χ0n) is 12.6. The molecule has 0 unspecified atom stereocenters. The fourth-order valence-electron chi connectivity index (χ4n) is 2.79. The molecule has 0 atom stereocenters. The number of hydrogen-bond donors (Lipinski definition) is 1. The summed E-state index contributed by atoms with van der Waals surface area (Å²) in [5.74, 6) is 0.819. The van der Waals surface area contributed by atoms with Crippen molar-refractivity contribution >= 4 is 11.0 Å². The normalized spacial score (nSPS) is 11.4. The smallest absolute Gasteiger partial charge is 0.326 e. The van der Waals surface area contributed by atoms with Crippen molar-refractivity contribution in [3.8, 4) is 5.75 Å². The van der Waals surface area contributed by atoms with Gasteiger partial charge in [0.1, 0.15) is 5.75 Å². The molecule has 4 heteroatoms.